The van der Waals surface area contributed by atoms with Gasteiger partial charge in [-0.1, -0.05) is 11.6 Å². The highest BCUT2D eigenvalue weighted by Crippen LogP contribution is 2.26. The number of rotatable bonds is 8. The lowest BCUT2D eigenvalue weighted by Crippen LogP contribution is -2.13. The lowest BCUT2D eigenvalue weighted by atomic mass is 10.00. The zero-order valence-electron chi connectivity index (χ0n) is 19.7. The van der Waals surface area contributed by atoms with Gasteiger partial charge in [-0.3, -0.25) is 9.59 Å². The van der Waals surface area contributed by atoms with Gasteiger partial charge in [0, 0.05) is 33.6 Å². The van der Waals surface area contributed by atoms with Crippen molar-refractivity contribution in [1.82, 2.24) is 0 Å². The molecule has 3 N–H and O–H groups in total. The number of ketones is 1. The van der Waals surface area contributed by atoms with Crippen molar-refractivity contribution in [3.8, 4) is 5.75 Å². The summed E-state index contributed by atoms with van der Waals surface area (Å²) in [6, 6.07) is 17.7. The quantitative estimate of drug-likeness (QED) is 0.220. The minimum atomic E-state index is -1.32. The summed E-state index contributed by atoms with van der Waals surface area (Å²) >= 11 is 5.99. The van der Waals surface area contributed by atoms with Crippen LogP contribution in [-0.2, 0) is 0 Å². The van der Waals surface area contributed by atoms with Crippen LogP contribution in [0.25, 0.3) is 0 Å². The molecule has 1 amide bonds. The number of ether oxygens (including phenoxy) is 1. The monoisotopic (exact) mass is 536 g/mol. The van der Waals surface area contributed by atoms with Gasteiger partial charge in [0.2, 0.25) is 0 Å². The number of benzene rings is 4. The van der Waals surface area contributed by atoms with E-state index in [1.807, 2.05) is 0 Å². The first-order chi connectivity index (χ1) is 18.2. The van der Waals surface area contributed by atoms with E-state index in [1.54, 1.807) is 12.1 Å². The van der Waals surface area contributed by atoms with Crippen molar-refractivity contribution in [2.45, 2.75) is 0 Å². The van der Waals surface area contributed by atoms with Crippen LogP contribution < -0.4 is 15.4 Å². The van der Waals surface area contributed by atoms with Crippen LogP contribution in [0.4, 0.5) is 25.8 Å². The normalized spacial score (nSPS) is 10.5. The molecule has 0 spiro atoms. The fourth-order valence-corrected chi connectivity index (χ4v) is 3.80. The Hall–Kier alpha value is -4.76. The Morgan fingerprint density at radius 3 is 2.13 bits per heavy atom. The van der Waals surface area contributed by atoms with Gasteiger partial charge in [-0.05, 0) is 72.8 Å². The van der Waals surface area contributed by atoms with Crippen LogP contribution in [0.3, 0.4) is 0 Å². The standard InChI is InChI=1S/C28H19ClF2N2O5/c1-38-25-11-5-17(29)13-21(25)27(35)33-18-6-2-15(3-7-18)26(34)16-4-10-24(20(12-16)28(36)37)32-19-8-9-22(30)23(31)14-19/h2-14,32H,1H3,(H,33,35)(H,36,37). The van der Waals surface area contributed by atoms with Crippen LogP contribution in [0.15, 0.2) is 78.9 Å². The molecular weight excluding hydrogens is 518 g/mol. The van der Waals surface area contributed by atoms with E-state index in [-0.39, 0.29) is 33.6 Å². The number of anilines is 3. The average Bonchev–Trinajstić information content (AvgIpc) is 2.91. The molecule has 0 unspecified atom stereocenters. The van der Waals surface area contributed by atoms with Crippen molar-refractivity contribution >= 4 is 46.3 Å². The number of hydrogen-bond acceptors (Lipinski definition) is 5. The molecule has 4 aromatic carbocycles. The fourth-order valence-electron chi connectivity index (χ4n) is 3.63. The van der Waals surface area contributed by atoms with Crippen molar-refractivity contribution in [3.63, 3.8) is 0 Å². The highest BCUT2D eigenvalue weighted by molar-refractivity contribution is 6.31. The first-order valence-electron chi connectivity index (χ1n) is 11.1. The van der Waals surface area contributed by atoms with Crippen LogP contribution in [0.2, 0.25) is 5.02 Å². The molecule has 0 aromatic heterocycles. The van der Waals surface area contributed by atoms with Gasteiger partial charge >= 0.3 is 5.97 Å². The van der Waals surface area contributed by atoms with Crippen molar-refractivity contribution in [2.75, 3.05) is 17.7 Å². The van der Waals surface area contributed by atoms with E-state index >= 15 is 0 Å². The number of amides is 1. The summed E-state index contributed by atoms with van der Waals surface area (Å²) in [7, 11) is 1.43. The summed E-state index contributed by atoms with van der Waals surface area (Å²) in [4.78, 5) is 37.5. The lowest BCUT2D eigenvalue weighted by molar-refractivity contribution is 0.0697. The van der Waals surface area contributed by atoms with Gasteiger partial charge in [-0.2, -0.15) is 0 Å². The summed E-state index contributed by atoms with van der Waals surface area (Å²) in [6.45, 7) is 0. The van der Waals surface area contributed by atoms with Gasteiger partial charge in [-0.25, -0.2) is 13.6 Å². The van der Waals surface area contributed by atoms with Crippen molar-refractivity contribution < 1.29 is 33.0 Å². The molecule has 4 rings (SSSR count). The third kappa shape index (κ3) is 5.79. The van der Waals surface area contributed by atoms with Gasteiger partial charge in [0.15, 0.2) is 17.4 Å². The molecule has 0 saturated heterocycles. The Bertz CT molecular complexity index is 1560. The number of carbonyl (C=O) groups is 3. The second-order valence-electron chi connectivity index (χ2n) is 8.02. The lowest BCUT2D eigenvalue weighted by Gasteiger charge is -2.12. The minimum absolute atomic E-state index is 0.0922. The van der Waals surface area contributed by atoms with Crippen LogP contribution >= 0.6 is 11.6 Å². The predicted octanol–water partition coefficient (Wildman–Crippen LogP) is 6.55. The molecule has 0 bridgehead atoms. The average molecular weight is 537 g/mol. The Morgan fingerprint density at radius 1 is 0.789 bits per heavy atom. The van der Waals surface area contributed by atoms with Crippen LogP contribution in [0, 0.1) is 11.6 Å². The van der Waals surface area contributed by atoms with Crippen molar-refractivity contribution in [2.24, 2.45) is 0 Å². The summed E-state index contributed by atoms with van der Waals surface area (Å²) in [5.41, 5.74) is 0.983. The smallest absolute Gasteiger partial charge is 0.337 e. The zero-order valence-corrected chi connectivity index (χ0v) is 20.5. The van der Waals surface area contributed by atoms with E-state index in [9.17, 15) is 28.3 Å². The first kappa shape index (κ1) is 26.3. The molecule has 7 nitrogen and oxygen atoms in total. The van der Waals surface area contributed by atoms with E-state index in [1.165, 1.54) is 61.7 Å². The summed E-state index contributed by atoms with van der Waals surface area (Å²) in [6.07, 6.45) is 0. The van der Waals surface area contributed by atoms with Crippen molar-refractivity contribution in [3.05, 3.63) is 118 Å². The van der Waals surface area contributed by atoms with Gasteiger partial charge in [0.05, 0.1) is 23.9 Å². The summed E-state index contributed by atoms with van der Waals surface area (Å²) < 4.78 is 31.9. The Morgan fingerprint density at radius 2 is 1.47 bits per heavy atom. The van der Waals surface area contributed by atoms with Gasteiger partial charge in [0.25, 0.3) is 5.91 Å². The molecule has 10 heteroatoms. The second-order valence-corrected chi connectivity index (χ2v) is 8.46. The molecule has 0 aliphatic rings. The second kappa shape index (κ2) is 11.1. The molecule has 38 heavy (non-hydrogen) atoms. The molecule has 0 aliphatic heterocycles. The van der Waals surface area contributed by atoms with Crippen LogP contribution in [0.1, 0.15) is 36.6 Å². The number of carboxylic acids is 1. The Balaban J connectivity index is 1.52. The largest absolute Gasteiger partial charge is 0.496 e. The van der Waals surface area contributed by atoms with Gasteiger partial charge in [0.1, 0.15) is 5.75 Å². The highest BCUT2D eigenvalue weighted by Gasteiger charge is 2.18. The molecular formula is C28H19ClF2N2O5. The number of methoxy groups -OCH3 is 1. The van der Waals surface area contributed by atoms with Gasteiger partial charge in [-0.15, -0.1) is 0 Å². The van der Waals surface area contributed by atoms with Crippen LogP contribution in [0.5, 0.6) is 5.75 Å². The first-order valence-corrected chi connectivity index (χ1v) is 11.4. The zero-order chi connectivity index (χ0) is 27.4. The number of nitrogens with one attached hydrogen (secondary N) is 2. The third-order valence-corrected chi connectivity index (χ3v) is 5.76. The van der Waals surface area contributed by atoms with E-state index < -0.39 is 29.3 Å². The number of aromatic carboxylic acids is 1. The van der Waals surface area contributed by atoms with Crippen LogP contribution in [-0.4, -0.2) is 29.9 Å². The number of halogens is 3. The molecule has 0 atom stereocenters. The maximum Gasteiger partial charge on any atom is 0.337 e. The number of hydrogen-bond donors (Lipinski definition) is 3. The maximum atomic E-state index is 13.5. The van der Waals surface area contributed by atoms with E-state index in [2.05, 4.69) is 10.6 Å². The molecule has 0 heterocycles. The van der Waals surface area contributed by atoms with E-state index in [4.69, 9.17) is 16.3 Å². The SMILES string of the molecule is COc1ccc(Cl)cc1C(=O)Nc1ccc(C(=O)c2ccc(Nc3ccc(F)c(F)c3)c(C(=O)O)c2)cc1. The molecule has 0 saturated carbocycles. The van der Waals surface area contributed by atoms with Crippen molar-refractivity contribution in [1.29, 1.82) is 0 Å². The third-order valence-electron chi connectivity index (χ3n) is 5.52. The Labute approximate surface area is 220 Å². The summed E-state index contributed by atoms with van der Waals surface area (Å²) in [5, 5.41) is 15.4. The van der Waals surface area contributed by atoms with E-state index in [0.717, 1.165) is 12.1 Å². The molecule has 0 radical (unpaired) electrons. The number of carboxylic acid groups (broad SMARTS) is 1. The molecule has 0 aliphatic carbocycles. The van der Waals surface area contributed by atoms with E-state index in [0.29, 0.717) is 16.5 Å². The molecule has 0 fully saturated rings. The highest BCUT2D eigenvalue weighted by atomic mass is 35.5. The van der Waals surface area contributed by atoms with Gasteiger partial charge < -0.3 is 20.5 Å². The molecule has 192 valence electrons. The minimum Gasteiger partial charge on any atom is -0.496 e. The topological polar surface area (TPSA) is 105 Å². The number of carbonyl (C=O) groups excluding carboxylic acids is 2. The maximum absolute atomic E-state index is 13.5. The Kier molecular flexibility index (Phi) is 7.68. The predicted molar refractivity (Wildman–Crippen MR) is 139 cm³/mol. The summed E-state index contributed by atoms with van der Waals surface area (Å²) in [5.74, 6) is -4.02. The molecule has 4 aromatic rings. The fraction of sp³-hybridized carbons (Fsp3) is 0.0357.